The summed E-state index contributed by atoms with van der Waals surface area (Å²) in [5.74, 6) is 2.15. The van der Waals surface area contributed by atoms with Crippen molar-refractivity contribution in [2.75, 3.05) is 5.32 Å². The SMILES string of the molecule is CC1CCC(Nc2nnnn2-c2ccccc2)C1C. The summed E-state index contributed by atoms with van der Waals surface area (Å²) in [4.78, 5) is 0. The van der Waals surface area contributed by atoms with Crippen molar-refractivity contribution in [2.24, 2.45) is 11.8 Å². The molecule has 5 nitrogen and oxygen atoms in total. The Morgan fingerprint density at radius 1 is 1.16 bits per heavy atom. The molecule has 1 heterocycles. The molecule has 100 valence electrons. The van der Waals surface area contributed by atoms with Crippen LogP contribution >= 0.6 is 0 Å². The Labute approximate surface area is 113 Å². The first-order chi connectivity index (χ1) is 9.25. The minimum absolute atomic E-state index is 0.462. The van der Waals surface area contributed by atoms with Crippen LogP contribution in [0, 0.1) is 11.8 Å². The highest BCUT2D eigenvalue weighted by Gasteiger charge is 2.30. The summed E-state index contributed by atoms with van der Waals surface area (Å²) in [5, 5.41) is 15.5. The number of aromatic nitrogens is 4. The minimum Gasteiger partial charge on any atom is -0.350 e. The van der Waals surface area contributed by atoms with Crippen LogP contribution in [0.15, 0.2) is 30.3 Å². The summed E-state index contributed by atoms with van der Waals surface area (Å²) in [6.07, 6.45) is 2.45. The van der Waals surface area contributed by atoms with Gasteiger partial charge in [-0.15, -0.1) is 0 Å². The van der Waals surface area contributed by atoms with Crippen molar-refractivity contribution >= 4 is 5.95 Å². The third-order valence-corrected chi connectivity index (χ3v) is 4.25. The van der Waals surface area contributed by atoms with Gasteiger partial charge in [-0.3, -0.25) is 0 Å². The quantitative estimate of drug-likeness (QED) is 0.918. The summed E-state index contributed by atoms with van der Waals surface area (Å²) >= 11 is 0. The topological polar surface area (TPSA) is 55.6 Å². The molecule has 3 rings (SSSR count). The van der Waals surface area contributed by atoms with Crippen LogP contribution in [-0.4, -0.2) is 26.2 Å². The predicted octanol–water partition coefficient (Wildman–Crippen LogP) is 2.51. The second-order valence-electron chi connectivity index (χ2n) is 5.41. The molecule has 1 N–H and O–H groups in total. The lowest BCUT2D eigenvalue weighted by atomic mass is 9.98. The van der Waals surface area contributed by atoms with E-state index in [9.17, 15) is 0 Å². The van der Waals surface area contributed by atoms with Gasteiger partial charge in [-0.2, -0.15) is 4.68 Å². The molecule has 1 aromatic carbocycles. The highest BCUT2D eigenvalue weighted by Crippen LogP contribution is 2.32. The zero-order valence-electron chi connectivity index (χ0n) is 11.3. The summed E-state index contributed by atoms with van der Waals surface area (Å²) in [7, 11) is 0. The molecular weight excluding hydrogens is 238 g/mol. The third-order valence-electron chi connectivity index (χ3n) is 4.25. The smallest absolute Gasteiger partial charge is 0.247 e. The Hall–Kier alpha value is -1.91. The van der Waals surface area contributed by atoms with Gasteiger partial charge in [0.15, 0.2) is 0 Å². The lowest BCUT2D eigenvalue weighted by Crippen LogP contribution is -2.25. The van der Waals surface area contributed by atoms with Gasteiger partial charge in [-0.25, -0.2) is 0 Å². The Kier molecular flexibility index (Phi) is 3.19. The van der Waals surface area contributed by atoms with Crippen LogP contribution in [-0.2, 0) is 0 Å². The average Bonchev–Trinajstić information content (AvgIpc) is 3.02. The van der Waals surface area contributed by atoms with Crippen molar-refractivity contribution in [3.05, 3.63) is 30.3 Å². The normalized spacial score (nSPS) is 26.5. The number of benzene rings is 1. The average molecular weight is 257 g/mol. The standard InChI is InChI=1S/C14H19N5/c1-10-8-9-13(11(10)2)15-14-16-17-18-19(14)12-6-4-3-5-7-12/h3-7,10-11,13H,8-9H2,1-2H3,(H,15,16,18). The predicted molar refractivity (Wildman–Crippen MR) is 74.1 cm³/mol. The maximum atomic E-state index is 4.11. The van der Waals surface area contributed by atoms with E-state index < -0.39 is 0 Å². The van der Waals surface area contributed by atoms with E-state index in [2.05, 4.69) is 34.7 Å². The minimum atomic E-state index is 0.462. The summed E-state index contributed by atoms with van der Waals surface area (Å²) in [6.45, 7) is 4.61. The fourth-order valence-electron chi connectivity index (χ4n) is 2.75. The lowest BCUT2D eigenvalue weighted by Gasteiger charge is -2.19. The molecule has 1 aliphatic rings. The Morgan fingerprint density at radius 2 is 1.95 bits per heavy atom. The van der Waals surface area contributed by atoms with E-state index in [4.69, 9.17) is 0 Å². The Bertz CT molecular complexity index is 536. The molecule has 0 amide bonds. The van der Waals surface area contributed by atoms with Crippen LogP contribution in [0.1, 0.15) is 26.7 Å². The fourth-order valence-corrected chi connectivity index (χ4v) is 2.75. The Morgan fingerprint density at radius 3 is 2.63 bits per heavy atom. The first-order valence-corrected chi connectivity index (χ1v) is 6.86. The van der Waals surface area contributed by atoms with Gasteiger partial charge in [-0.05, 0) is 47.2 Å². The molecular formula is C14H19N5. The molecule has 3 unspecified atom stereocenters. The molecule has 3 atom stereocenters. The van der Waals surface area contributed by atoms with Gasteiger partial charge in [0.05, 0.1) is 5.69 Å². The van der Waals surface area contributed by atoms with E-state index in [0.29, 0.717) is 12.0 Å². The first kappa shape index (κ1) is 12.1. The molecule has 2 aromatic rings. The van der Waals surface area contributed by atoms with E-state index in [1.807, 2.05) is 30.3 Å². The number of hydrogen-bond donors (Lipinski definition) is 1. The maximum Gasteiger partial charge on any atom is 0.247 e. The van der Waals surface area contributed by atoms with Crippen LogP contribution in [0.25, 0.3) is 5.69 Å². The van der Waals surface area contributed by atoms with Crippen LogP contribution in [0.2, 0.25) is 0 Å². The molecule has 0 radical (unpaired) electrons. The first-order valence-electron chi connectivity index (χ1n) is 6.86. The van der Waals surface area contributed by atoms with Crippen molar-refractivity contribution in [1.29, 1.82) is 0 Å². The fraction of sp³-hybridized carbons (Fsp3) is 0.500. The summed E-state index contributed by atoms with van der Waals surface area (Å²) in [5.41, 5.74) is 0.980. The largest absolute Gasteiger partial charge is 0.350 e. The van der Waals surface area contributed by atoms with Crippen LogP contribution in [0.4, 0.5) is 5.95 Å². The summed E-state index contributed by atoms with van der Waals surface area (Å²) in [6, 6.07) is 10.4. The molecule has 0 spiro atoms. The van der Waals surface area contributed by atoms with Crippen LogP contribution in [0.3, 0.4) is 0 Å². The van der Waals surface area contributed by atoms with Crippen molar-refractivity contribution in [1.82, 2.24) is 20.2 Å². The number of anilines is 1. The van der Waals surface area contributed by atoms with E-state index in [0.717, 1.165) is 17.6 Å². The van der Waals surface area contributed by atoms with E-state index in [-0.39, 0.29) is 0 Å². The van der Waals surface area contributed by atoms with Crippen molar-refractivity contribution in [2.45, 2.75) is 32.7 Å². The Balaban J connectivity index is 1.82. The number of rotatable bonds is 3. The number of hydrogen-bond acceptors (Lipinski definition) is 4. The number of nitrogens with one attached hydrogen (secondary N) is 1. The van der Waals surface area contributed by atoms with Gasteiger partial charge in [0.25, 0.3) is 0 Å². The number of nitrogens with zero attached hydrogens (tertiary/aromatic N) is 4. The van der Waals surface area contributed by atoms with Gasteiger partial charge in [0, 0.05) is 6.04 Å². The van der Waals surface area contributed by atoms with Gasteiger partial charge in [0.2, 0.25) is 5.95 Å². The van der Waals surface area contributed by atoms with Crippen molar-refractivity contribution in [3.63, 3.8) is 0 Å². The van der Waals surface area contributed by atoms with Crippen LogP contribution < -0.4 is 5.32 Å². The molecule has 1 aliphatic carbocycles. The molecule has 0 aliphatic heterocycles. The zero-order valence-corrected chi connectivity index (χ0v) is 11.3. The van der Waals surface area contributed by atoms with E-state index in [1.54, 1.807) is 4.68 Å². The molecule has 0 bridgehead atoms. The van der Waals surface area contributed by atoms with Gasteiger partial charge in [0.1, 0.15) is 0 Å². The molecule has 19 heavy (non-hydrogen) atoms. The third kappa shape index (κ3) is 2.32. The molecule has 1 fully saturated rings. The molecule has 0 saturated heterocycles. The van der Waals surface area contributed by atoms with Crippen molar-refractivity contribution < 1.29 is 0 Å². The molecule has 5 heteroatoms. The molecule has 1 saturated carbocycles. The second kappa shape index (κ2) is 4.99. The van der Waals surface area contributed by atoms with Gasteiger partial charge >= 0.3 is 0 Å². The number of tetrazole rings is 1. The highest BCUT2D eigenvalue weighted by atomic mass is 15.6. The van der Waals surface area contributed by atoms with E-state index in [1.165, 1.54) is 12.8 Å². The van der Waals surface area contributed by atoms with Crippen molar-refractivity contribution in [3.8, 4) is 5.69 Å². The summed E-state index contributed by atoms with van der Waals surface area (Å²) < 4.78 is 1.76. The monoisotopic (exact) mass is 257 g/mol. The van der Waals surface area contributed by atoms with E-state index >= 15 is 0 Å². The second-order valence-corrected chi connectivity index (χ2v) is 5.41. The lowest BCUT2D eigenvalue weighted by molar-refractivity contribution is 0.434. The maximum absolute atomic E-state index is 4.11. The highest BCUT2D eigenvalue weighted by molar-refractivity contribution is 5.39. The van der Waals surface area contributed by atoms with Gasteiger partial charge < -0.3 is 5.32 Å². The zero-order chi connectivity index (χ0) is 13.2. The van der Waals surface area contributed by atoms with Gasteiger partial charge in [-0.1, -0.05) is 37.1 Å². The number of para-hydroxylation sites is 1. The molecule has 1 aromatic heterocycles. The van der Waals surface area contributed by atoms with Crippen LogP contribution in [0.5, 0.6) is 0 Å².